The summed E-state index contributed by atoms with van der Waals surface area (Å²) in [6.07, 6.45) is 10.3. The van der Waals surface area contributed by atoms with Crippen LogP contribution in [0.5, 0.6) is 0 Å². The van der Waals surface area contributed by atoms with E-state index in [0.29, 0.717) is 32.5 Å². The van der Waals surface area contributed by atoms with Gasteiger partial charge in [0.2, 0.25) is 11.8 Å². The number of carbonyl (C=O) groups is 3. The van der Waals surface area contributed by atoms with Gasteiger partial charge in [0.1, 0.15) is 6.04 Å². The molecule has 4 aliphatic rings. The lowest BCUT2D eigenvalue weighted by Crippen LogP contribution is -2.53. The van der Waals surface area contributed by atoms with Gasteiger partial charge >= 0.3 is 0 Å². The first-order valence-electron chi connectivity index (χ1n) is 16.3. The van der Waals surface area contributed by atoms with Gasteiger partial charge < -0.3 is 24.7 Å². The summed E-state index contributed by atoms with van der Waals surface area (Å²) in [6, 6.07) is 17.0. The fraction of sp³-hybridized carbons (Fsp3) is 0.472. The third kappa shape index (κ3) is 5.27. The maximum atomic E-state index is 14.8. The molecular weight excluding hydrogens is 584 g/mol. The zero-order valence-electron chi connectivity index (χ0n) is 26.5. The third-order valence-electron chi connectivity index (χ3n) is 9.97. The van der Waals surface area contributed by atoms with Crippen LogP contribution in [0.3, 0.4) is 0 Å². The minimum Gasteiger partial charge on any atom is -0.396 e. The summed E-state index contributed by atoms with van der Waals surface area (Å²) in [7, 11) is 0. The average molecular weight is 629 g/mol. The van der Waals surface area contributed by atoms with Gasteiger partial charge in [-0.15, -0.1) is 11.8 Å². The number of likely N-dealkylation sites (tertiary alicyclic amines) is 1. The number of hydrogen-bond acceptors (Lipinski definition) is 6. The van der Waals surface area contributed by atoms with E-state index < -0.39 is 27.4 Å². The molecular formula is C36H44N4O4S. The predicted octanol–water partition coefficient (Wildman–Crippen LogP) is 4.89. The topological polar surface area (TPSA) is 84.4 Å². The summed E-state index contributed by atoms with van der Waals surface area (Å²) in [5.74, 6) is -1.62. The van der Waals surface area contributed by atoms with Crippen LogP contribution in [0.1, 0.15) is 40.0 Å². The van der Waals surface area contributed by atoms with Gasteiger partial charge in [-0.05, 0) is 76.4 Å². The van der Waals surface area contributed by atoms with Gasteiger partial charge in [0.05, 0.1) is 16.6 Å². The van der Waals surface area contributed by atoms with Crippen LogP contribution in [-0.4, -0.2) is 82.6 Å². The summed E-state index contributed by atoms with van der Waals surface area (Å²) < 4.78 is -1.55. The quantitative estimate of drug-likeness (QED) is 0.298. The zero-order chi connectivity index (χ0) is 31.8. The molecule has 4 heterocycles. The molecule has 4 aliphatic heterocycles. The molecule has 1 spiro atoms. The second-order valence-electron chi connectivity index (χ2n) is 12.5. The molecule has 8 nitrogen and oxygen atoms in total. The fourth-order valence-electron chi connectivity index (χ4n) is 7.84. The molecule has 238 valence electrons. The number of benzene rings is 2. The van der Waals surface area contributed by atoms with Crippen molar-refractivity contribution in [1.29, 1.82) is 0 Å². The molecule has 5 atom stereocenters. The number of carbonyl (C=O) groups excluding carboxylic acids is 3. The van der Waals surface area contributed by atoms with Gasteiger partial charge in [-0.1, -0.05) is 42.5 Å². The second kappa shape index (κ2) is 12.7. The number of thioether (sulfide) groups is 1. The molecule has 0 radical (unpaired) electrons. The summed E-state index contributed by atoms with van der Waals surface area (Å²) in [4.78, 5) is 51.6. The number of rotatable bonds is 10. The van der Waals surface area contributed by atoms with E-state index in [1.165, 1.54) is 0 Å². The monoisotopic (exact) mass is 628 g/mol. The van der Waals surface area contributed by atoms with Crippen LogP contribution in [0.25, 0.3) is 0 Å². The van der Waals surface area contributed by atoms with Gasteiger partial charge in [0.15, 0.2) is 0 Å². The normalized spacial score (nSPS) is 29.0. The minimum atomic E-state index is -0.889. The first-order chi connectivity index (χ1) is 21.8. The lowest BCUT2D eigenvalue weighted by molar-refractivity contribution is -0.139. The number of aliphatic hydroxyl groups is 1. The van der Waals surface area contributed by atoms with Crippen LogP contribution in [-0.2, 0) is 14.4 Å². The van der Waals surface area contributed by atoms with Crippen molar-refractivity contribution in [2.75, 3.05) is 54.0 Å². The van der Waals surface area contributed by atoms with Crippen molar-refractivity contribution in [1.82, 2.24) is 4.90 Å². The first-order valence-corrected chi connectivity index (χ1v) is 17.1. The molecule has 3 amide bonds. The largest absolute Gasteiger partial charge is 0.396 e. The SMILES string of the molecule is CCN(CC)c1ccc(N2CC=C[C@]34S[C@@]5(C)C=CCN(c6ccccc6)C(=O)[C@H]5[C@H]3C(=O)N(CCCCCO)C4C2=O)cc1. The van der Waals surface area contributed by atoms with Gasteiger partial charge in [0.25, 0.3) is 5.91 Å². The molecule has 1 unspecified atom stereocenters. The molecule has 9 heteroatoms. The van der Waals surface area contributed by atoms with E-state index in [4.69, 9.17) is 0 Å². The number of fused-ring (bicyclic) bond motifs is 2. The number of nitrogens with zero attached hydrogens (tertiary/aromatic N) is 4. The Balaban J connectivity index is 1.40. The highest BCUT2D eigenvalue weighted by Crippen LogP contribution is 2.65. The van der Waals surface area contributed by atoms with Crippen molar-refractivity contribution in [3.8, 4) is 0 Å². The summed E-state index contributed by atoms with van der Waals surface area (Å²) in [5, 5.41) is 9.38. The Morgan fingerprint density at radius 3 is 2.11 bits per heavy atom. The molecule has 2 aromatic carbocycles. The van der Waals surface area contributed by atoms with E-state index in [0.717, 1.165) is 36.6 Å². The number of aliphatic hydroxyl groups excluding tert-OH is 1. The maximum Gasteiger partial charge on any atom is 0.251 e. The Morgan fingerprint density at radius 2 is 1.44 bits per heavy atom. The van der Waals surface area contributed by atoms with Crippen LogP contribution < -0.4 is 14.7 Å². The number of amides is 3. The lowest BCUT2D eigenvalue weighted by Gasteiger charge is -2.37. The van der Waals surface area contributed by atoms with Crippen molar-refractivity contribution in [3.63, 3.8) is 0 Å². The van der Waals surface area contributed by atoms with E-state index >= 15 is 0 Å². The molecule has 45 heavy (non-hydrogen) atoms. The number of hydrogen-bond donors (Lipinski definition) is 1. The van der Waals surface area contributed by atoms with Crippen LogP contribution in [0.15, 0.2) is 78.9 Å². The van der Waals surface area contributed by atoms with Crippen molar-refractivity contribution < 1.29 is 19.5 Å². The summed E-state index contributed by atoms with van der Waals surface area (Å²) >= 11 is 1.61. The van der Waals surface area contributed by atoms with Gasteiger partial charge in [0, 0.05) is 61.1 Å². The molecule has 2 saturated heterocycles. The van der Waals surface area contributed by atoms with Gasteiger partial charge in [-0.2, -0.15) is 0 Å². The summed E-state index contributed by atoms with van der Waals surface area (Å²) in [5.41, 5.74) is 2.70. The van der Waals surface area contributed by atoms with Crippen LogP contribution >= 0.6 is 11.8 Å². The number of anilines is 3. The highest BCUT2D eigenvalue weighted by atomic mass is 32.2. The average Bonchev–Trinajstić information content (AvgIpc) is 3.31. The van der Waals surface area contributed by atoms with E-state index in [2.05, 4.69) is 50.0 Å². The Bertz CT molecular complexity index is 1480. The molecule has 6 rings (SSSR count). The van der Waals surface area contributed by atoms with Crippen LogP contribution in [0.4, 0.5) is 17.1 Å². The van der Waals surface area contributed by atoms with Crippen molar-refractivity contribution in [3.05, 3.63) is 78.9 Å². The second-order valence-corrected chi connectivity index (χ2v) is 14.3. The Hall–Kier alpha value is -3.56. The van der Waals surface area contributed by atoms with Gasteiger partial charge in [-0.3, -0.25) is 14.4 Å². The summed E-state index contributed by atoms with van der Waals surface area (Å²) in [6.45, 7) is 9.43. The maximum absolute atomic E-state index is 14.8. The Morgan fingerprint density at radius 1 is 0.800 bits per heavy atom. The smallest absolute Gasteiger partial charge is 0.251 e. The number of para-hydroxylation sites is 1. The lowest BCUT2D eigenvalue weighted by atomic mass is 9.74. The standard InChI is InChI=1S/C36H44N4O4S/c1-4-37(5-2)26-16-18-28(19-17-26)39-24-13-21-36-30(33(43)40(31(36)34(39)44)22-10-7-11-25-41)29-32(42)38(27-14-8-6-9-15-27)23-12-20-35(29,3)45-36/h6,8-9,12-21,29-31,41H,4-5,7,10-11,22-25H2,1-3H3/t29-,30+,31?,35+,36+/m1/s1. The van der Waals surface area contributed by atoms with E-state index in [9.17, 15) is 19.5 Å². The highest BCUT2D eigenvalue weighted by molar-refractivity contribution is 8.02. The van der Waals surface area contributed by atoms with Crippen molar-refractivity contribution >= 4 is 46.5 Å². The fourth-order valence-corrected chi connectivity index (χ4v) is 9.99. The molecule has 0 aromatic heterocycles. The van der Waals surface area contributed by atoms with E-state index in [1.807, 2.05) is 54.6 Å². The molecule has 0 bridgehead atoms. The molecule has 1 N–H and O–H groups in total. The Kier molecular flexibility index (Phi) is 8.85. The van der Waals surface area contributed by atoms with Gasteiger partial charge in [-0.25, -0.2) is 0 Å². The first kappa shape index (κ1) is 31.4. The molecule has 2 aromatic rings. The van der Waals surface area contributed by atoms with Crippen molar-refractivity contribution in [2.45, 2.75) is 55.6 Å². The van der Waals surface area contributed by atoms with Crippen LogP contribution in [0, 0.1) is 11.8 Å². The molecule has 0 aliphatic carbocycles. The van der Waals surface area contributed by atoms with E-state index in [1.54, 1.807) is 26.5 Å². The third-order valence-corrected chi connectivity index (χ3v) is 11.8. The Labute approximate surface area is 270 Å². The predicted molar refractivity (Wildman–Crippen MR) is 182 cm³/mol. The number of unbranched alkanes of at least 4 members (excludes halogenated alkanes) is 2. The molecule has 2 fully saturated rings. The highest BCUT2D eigenvalue weighted by Gasteiger charge is 2.74. The molecule has 0 saturated carbocycles. The van der Waals surface area contributed by atoms with Crippen molar-refractivity contribution in [2.24, 2.45) is 11.8 Å². The minimum absolute atomic E-state index is 0.0775. The van der Waals surface area contributed by atoms with Crippen LogP contribution in [0.2, 0.25) is 0 Å². The zero-order valence-corrected chi connectivity index (χ0v) is 27.3. The van der Waals surface area contributed by atoms with E-state index in [-0.39, 0.29) is 24.3 Å².